The van der Waals surface area contributed by atoms with Gasteiger partial charge in [0.2, 0.25) is 9.84 Å². The molecule has 0 atom stereocenters. The fraction of sp³-hybridized carbons (Fsp3) is 0.0833. The zero-order chi connectivity index (χ0) is 22.6. The summed E-state index contributed by atoms with van der Waals surface area (Å²) in [5, 5.41) is 0. The predicted octanol–water partition coefficient (Wildman–Crippen LogP) is 4.74. The second-order valence-electron chi connectivity index (χ2n) is 7.74. The number of benzene rings is 3. The minimum Gasteiger partial charge on any atom is -0.384 e. The van der Waals surface area contributed by atoms with E-state index in [1.54, 1.807) is 16.7 Å². The van der Waals surface area contributed by atoms with Gasteiger partial charge in [-0.1, -0.05) is 18.2 Å². The number of hydrogen-bond donors (Lipinski definition) is 1. The van der Waals surface area contributed by atoms with Gasteiger partial charge in [-0.15, -0.1) is 0 Å². The molecular weight excluding hydrogens is 427 g/mol. The van der Waals surface area contributed by atoms with Gasteiger partial charge in [0, 0.05) is 5.69 Å². The minimum atomic E-state index is -4.10. The molecular formula is C24H19FN4O2S. The summed E-state index contributed by atoms with van der Waals surface area (Å²) < 4.78 is 42.3. The van der Waals surface area contributed by atoms with Crippen LogP contribution in [-0.4, -0.2) is 23.0 Å². The number of para-hydroxylation sites is 2. The molecule has 2 heterocycles. The molecule has 160 valence electrons. The summed E-state index contributed by atoms with van der Waals surface area (Å²) in [7, 11) is -4.10. The molecule has 6 nitrogen and oxygen atoms in total. The Labute approximate surface area is 184 Å². The Bertz CT molecular complexity index is 1600. The van der Waals surface area contributed by atoms with Gasteiger partial charge in [-0.3, -0.25) is 4.57 Å². The van der Waals surface area contributed by atoms with Gasteiger partial charge in [0.05, 0.1) is 15.9 Å². The maximum Gasteiger partial charge on any atom is 0.212 e. The van der Waals surface area contributed by atoms with Crippen LogP contribution in [-0.2, 0) is 9.84 Å². The molecule has 5 aromatic rings. The van der Waals surface area contributed by atoms with Gasteiger partial charge in [-0.2, -0.15) is 0 Å². The topological polar surface area (TPSA) is 90.9 Å². The van der Waals surface area contributed by atoms with E-state index in [2.05, 4.69) is 4.98 Å². The molecule has 0 saturated carbocycles. The fourth-order valence-corrected chi connectivity index (χ4v) is 5.46. The first-order chi connectivity index (χ1) is 15.3. The van der Waals surface area contributed by atoms with E-state index >= 15 is 0 Å². The summed E-state index contributed by atoms with van der Waals surface area (Å²) in [5.74, 6) is -0.523. The molecule has 8 heteroatoms. The lowest BCUT2D eigenvalue weighted by Crippen LogP contribution is -2.07. The second kappa shape index (κ2) is 7.13. The van der Waals surface area contributed by atoms with Gasteiger partial charge in [0.25, 0.3) is 0 Å². The van der Waals surface area contributed by atoms with Crippen molar-refractivity contribution in [3.05, 3.63) is 83.7 Å². The van der Waals surface area contributed by atoms with Crippen LogP contribution in [0.3, 0.4) is 0 Å². The van der Waals surface area contributed by atoms with Crippen LogP contribution in [0.5, 0.6) is 0 Å². The Morgan fingerprint density at radius 1 is 0.875 bits per heavy atom. The molecule has 0 amide bonds. The van der Waals surface area contributed by atoms with Crippen molar-refractivity contribution < 1.29 is 12.8 Å². The predicted molar refractivity (Wildman–Crippen MR) is 122 cm³/mol. The Morgan fingerprint density at radius 3 is 2.09 bits per heavy atom. The van der Waals surface area contributed by atoms with Crippen molar-refractivity contribution in [1.82, 2.24) is 14.5 Å². The molecule has 0 saturated heterocycles. The van der Waals surface area contributed by atoms with Gasteiger partial charge < -0.3 is 5.73 Å². The van der Waals surface area contributed by atoms with Crippen molar-refractivity contribution in [2.75, 3.05) is 5.73 Å². The van der Waals surface area contributed by atoms with Crippen LogP contribution in [0.15, 0.2) is 76.5 Å². The van der Waals surface area contributed by atoms with E-state index in [-0.39, 0.29) is 21.1 Å². The molecule has 32 heavy (non-hydrogen) atoms. The summed E-state index contributed by atoms with van der Waals surface area (Å²) in [4.78, 5) is 9.12. The quantitative estimate of drug-likeness (QED) is 0.404. The van der Waals surface area contributed by atoms with Gasteiger partial charge in [-0.25, -0.2) is 22.8 Å². The van der Waals surface area contributed by atoms with Gasteiger partial charge in [0.15, 0.2) is 5.65 Å². The van der Waals surface area contributed by atoms with Crippen molar-refractivity contribution >= 4 is 37.9 Å². The maximum absolute atomic E-state index is 13.6. The molecule has 0 fully saturated rings. The number of nitrogens with zero attached hydrogens (tertiary/aromatic N) is 3. The summed E-state index contributed by atoms with van der Waals surface area (Å²) in [6.07, 6.45) is 0. The third-order valence-electron chi connectivity index (χ3n) is 5.31. The highest BCUT2D eigenvalue weighted by molar-refractivity contribution is 7.92. The number of halogens is 1. The molecule has 0 bridgehead atoms. The Balaban J connectivity index is 1.92. The first-order valence-electron chi connectivity index (χ1n) is 9.92. The third-order valence-corrected chi connectivity index (χ3v) is 7.14. The molecule has 0 aliphatic heterocycles. The van der Waals surface area contributed by atoms with Crippen LogP contribution in [0.4, 0.5) is 10.2 Å². The van der Waals surface area contributed by atoms with Crippen molar-refractivity contribution in [2.45, 2.75) is 23.6 Å². The number of nitrogen functional groups attached to an aromatic ring is 1. The second-order valence-corrected chi connectivity index (χ2v) is 9.62. The number of fused-ring (bicyclic) bond motifs is 2. The Morgan fingerprint density at radius 2 is 1.47 bits per heavy atom. The highest BCUT2D eigenvalue weighted by Gasteiger charge is 2.30. The Hall–Kier alpha value is -3.78. The van der Waals surface area contributed by atoms with Gasteiger partial charge >= 0.3 is 0 Å². The van der Waals surface area contributed by atoms with E-state index in [0.717, 1.165) is 23.3 Å². The first-order valence-corrected chi connectivity index (χ1v) is 11.4. The Kier molecular flexibility index (Phi) is 4.49. The van der Waals surface area contributed by atoms with Crippen molar-refractivity contribution in [3.8, 4) is 5.69 Å². The normalized spacial score (nSPS) is 12.0. The lowest BCUT2D eigenvalue weighted by Gasteiger charge is -2.10. The summed E-state index contributed by atoms with van der Waals surface area (Å²) in [5.41, 5.74) is 10.9. The summed E-state index contributed by atoms with van der Waals surface area (Å²) >= 11 is 0. The number of aryl methyl sites for hydroxylation is 2. The van der Waals surface area contributed by atoms with Crippen molar-refractivity contribution in [2.24, 2.45) is 0 Å². The van der Waals surface area contributed by atoms with Crippen molar-refractivity contribution in [3.63, 3.8) is 0 Å². The fourth-order valence-electron chi connectivity index (χ4n) is 3.97. The number of rotatable bonds is 3. The van der Waals surface area contributed by atoms with Crippen LogP contribution < -0.4 is 5.73 Å². The minimum absolute atomic E-state index is 0.00429. The lowest BCUT2D eigenvalue weighted by molar-refractivity contribution is 0.595. The number of aromatic nitrogens is 3. The monoisotopic (exact) mass is 446 g/mol. The van der Waals surface area contributed by atoms with E-state index in [4.69, 9.17) is 10.7 Å². The van der Waals surface area contributed by atoms with E-state index in [1.807, 2.05) is 44.2 Å². The highest BCUT2D eigenvalue weighted by atomic mass is 32.2. The molecule has 2 N–H and O–H groups in total. The number of nitrogens with two attached hydrogens (primary N) is 1. The summed E-state index contributed by atoms with van der Waals surface area (Å²) in [6.45, 7) is 3.91. The smallest absolute Gasteiger partial charge is 0.212 e. The largest absolute Gasteiger partial charge is 0.384 e. The molecule has 3 aromatic carbocycles. The highest BCUT2D eigenvalue weighted by Crippen LogP contribution is 2.37. The molecule has 0 spiro atoms. The zero-order valence-corrected chi connectivity index (χ0v) is 18.2. The van der Waals surface area contributed by atoms with E-state index in [1.165, 1.54) is 12.1 Å². The van der Waals surface area contributed by atoms with Crippen LogP contribution in [0, 0.1) is 19.7 Å². The molecule has 0 aliphatic rings. The molecule has 2 aromatic heterocycles. The molecule has 0 radical (unpaired) electrons. The standard InChI is InChI=1S/C24H19FN4O2S/c1-14-11-15(2)13-17(12-14)29-23(26)22(32(30,31)18-9-7-16(25)8-10-18)21-24(29)28-20-6-4-3-5-19(20)27-21/h3-13H,26H2,1-2H3. The average Bonchev–Trinajstić information content (AvgIpc) is 3.03. The SMILES string of the molecule is Cc1cc(C)cc(-n2c(N)c(S(=O)(=O)c3ccc(F)cc3)c3nc4ccccc4nc32)c1. The molecule has 0 unspecified atom stereocenters. The number of sulfone groups is 1. The van der Waals surface area contributed by atoms with Crippen LogP contribution in [0.25, 0.3) is 27.9 Å². The van der Waals surface area contributed by atoms with Crippen molar-refractivity contribution in [1.29, 1.82) is 0 Å². The van der Waals surface area contributed by atoms with Gasteiger partial charge in [0.1, 0.15) is 22.0 Å². The molecule has 0 aliphatic carbocycles. The number of anilines is 1. The first kappa shape index (κ1) is 20.1. The van der Waals surface area contributed by atoms with E-state index in [9.17, 15) is 12.8 Å². The van der Waals surface area contributed by atoms with E-state index < -0.39 is 15.7 Å². The van der Waals surface area contributed by atoms with Crippen LogP contribution in [0.2, 0.25) is 0 Å². The van der Waals surface area contributed by atoms with Crippen LogP contribution >= 0.6 is 0 Å². The zero-order valence-electron chi connectivity index (χ0n) is 17.4. The van der Waals surface area contributed by atoms with Gasteiger partial charge in [-0.05, 0) is 73.5 Å². The van der Waals surface area contributed by atoms with Crippen LogP contribution in [0.1, 0.15) is 11.1 Å². The summed E-state index contributed by atoms with van der Waals surface area (Å²) in [6, 6.07) is 17.7. The maximum atomic E-state index is 13.6. The lowest BCUT2D eigenvalue weighted by atomic mass is 10.1. The molecule has 5 rings (SSSR count). The third kappa shape index (κ3) is 3.11. The van der Waals surface area contributed by atoms with E-state index in [0.29, 0.717) is 22.4 Å². The number of hydrogen-bond acceptors (Lipinski definition) is 5. The average molecular weight is 447 g/mol.